The van der Waals surface area contributed by atoms with Crippen molar-refractivity contribution in [2.24, 2.45) is 0 Å². The topological polar surface area (TPSA) is 38.9 Å². The van der Waals surface area contributed by atoms with E-state index >= 15 is 0 Å². The molecule has 1 heterocycles. The molecular formula is C12H6Cl3F3N2. The average Bonchev–Trinajstić information content (AvgIpc) is 2.33. The maximum Gasteiger partial charge on any atom is 0.433 e. The SMILES string of the molecule is Nc1ccc(C(F)(F)F)nc1-c1cc(Cl)cc(Cl)c1Cl. The molecule has 0 bridgehead atoms. The maximum absolute atomic E-state index is 12.7. The Morgan fingerprint density at radius 1 is 1.05 bits per heavy atom. The van der Waals surface area contributed by atoms with E-state index in [1.54, 1.807) is 0 Å². The van der Waals surface area contributed by atoms with Gasteiger partial charge in [0.25, 0.3) is 0 Å². The summed E-state index contributed by atoms with van der Waals surface area (Å²) in [5.74, 6) is 0. The van der Waals surface area contributed by atoms with Crippen molar-refractivity contribution in [3.8, 4) is 11.3 Å². The Bertz CT molecular complexity index is 672. The summed E-state index contributed by atoms with van der Waals surface area (Å²) >= 11 is 17.6. The van der Waals surface area contributed by atoms with E-state index in [0.29, 0.717) is 0 Å². The molecule has 20 heavy (non-hydrogen) atoms. The zero-order valence-electron chi connectivity index (χ0n) is 9.60. The highest BCUT2D eigenvalue weighted by atomic mass is 35.5. The predicted octanol–water partition coefficient (Wildman–Crippen LogP) is 5.31. The molecule has 2 aromatic rings. The van der Waals surface area contributed by atoms with Gasteiger partial charge in [-0.15, -0.1) is 0 Å². The van der Waals surface area contributed by atoms with Crippen molar-refractivity contribution in [3.63, 3.8) is 0 Å². The van der Waals surface area contributed by atoms with E-state index in [4.69, 9.17) is 40.5 Å². The van der Waals surface area contributed by atoms with E-state index in [-0.39, 0.29) is 32.0 Å². The molecule has 2 rings (SSSR count). The van der Waals surface area contributed by atoms with Gasteiger partial charge in [0.1, 0.15) is 5.69 Å². The number of benzene rings is 1. The van der Waals surface area contributed by atoms with E-state index < -0.39 is 11.9 Å². The Labute approximate surface area is 127 Å². The Kier molecular flexibility index (Phi) is 4.04. The van der Waals surface area contributed by atoms with Crippen LogP contribution in [-0.2, 0) is 6.18 Å². The highest BCUT2D eigenvalue weighted by Crippen LogP contribution is 2.39. The van der Waals surface area contributed by atoms with Crippen molar-refractivity contribution in [1.82, 2.24) is 4.98 Å². The van der Waals surface area contributed by atoms with Crippen LogP contribution in [0.2, 0.25) is 15.1 Å². The molecule has 0 amide bonds. The highest BCUT2D eigenvalue weighted by Gasteiger charge is 2.33. The van der Waals surface area contributed by atoms with Crippen molar-refractivity contribution < 1.29 is 13.2 Å². The van der Waals surface area contributed by atoms with Crippen LogP contribution in [0.5, 0.6) is 0 Å². The number of nitrogens with zero attached hydrogens (tertiary/aromatic N) is 1. The Morgan fingerprint density at radius 2 is 1.70 bits per heavy atom. The molecule has 8 heteroatoms. The van der Waals surface area contributed by atoms with Crippen LogP contribution in [0.1, 0.15) is 5.69 Å². The fraction of sp³-hybridized carbons (Fsp3) is 0.0833. The lowest BCUT2D eigenvalue weighted by molar-refractivity contribution is -0.141. The zero-order chi connectivity index (χ0) is 15.1. The molecular weight excluding hydrogens is 335 g/mol. The van der Waals surface area contributed by atoms with Crippen molar-refractivity contribution in [1.29, 1.82) is 0 Å². The second-order valence-electron chi connectivity index (χ2n) is 3.88. The quantitative estimate of drug-likeness (QED) is 0.714. The number of nitrogens with two attached hydrogens (primary N) is 1. The Hall–Kier alpha value is -1.17. The summed E-state index contributed by atoms with van der Waals surface area (Å²) in [5, 5.41) is 0.357. The van der Waals surface area contributed by atoms with E-state index in [2.05, 4.69) is 4.98 Å². The number of alkyl halides is 3. The number of nitrogen functional groups attached to an aromatic ring is 1. The van der Waals surface area contributed by atoms with Gasteiger partial charge in [0.2, 0.25) is 0 Å². The minimum atomic E-state index is -4.59. The molecule has 0 spiro atoms. The zero-order valence-corrected chi connectivity index (χ0v) is 11.9. The molecule has 0 unspecified atom stereocenters. The fourth-order valence-electron chi connectivity index (χ4n) is 1.57. The third-order valence-electron chi connectivity index (χ3n) is 2.46. The number of hydrogen-bond donors (Lipinski definition) is 1. The standard InChI is InChI=1S/C12H6Cl3F3N2/c13-5-3-6(10(15)7(14)4-5)11-8(19)1-2-9(20-11)12(16,17)18/h1-4H,19H2. The minimum absolute atomic E-state index is 0.0367. The van der Waals surface area contributed by atoms with Crippen LogP contribution in [0.15, 0.2) is 24.3 Å². The summed E-state index contributed by atoms with van der Waals surface area (Å²) in [7, 11) is 0. The highest BCUT2D eigenvalue weighted by molar-refractivity contribution is 6.45. The number of pyridine rings is 1. The molecule has 2 N–H and O–H groups in total. The van der Waals surface area contributed by atoms with Crippen LogP contribution in [0.4, 0.5) is 18.9 Å². The molecule has 106 valence electrons. The largest absolute Gasteiger partial charge is 0.433 e. The molecule has 0 saturated heterocycles. The van der Waals surface area contributed by atoms with Crippen molar-refractivity contribution in [3.05, 3.63) is 45.0 Å². The van der Waals surface area contributed by atoms with Gasteiger partial charge in [-0.2, -0.15) is 13.2 Å². The smallest absolute Gasteiger partial charge is 0.397 e. The lowest BCUT2D eigenvalue weighted by Gasteiger charge is -2.12. The second kappa shape index (κ2) is 5.31. The summed E-state index contributed by atoms with van der Waals surface area (Å²) in [4.78, 5) is 3.51. The first-order chi connectivity index (χ1) is 9.20. The molecule has 0 atom stereocenters. The van der Waals surface area contributed by atoms with Gasteiger partial charge in [0.15, 0.2) is 0 Å². The Balaban J connectivity index is 2.70. The predicted molar refractivity (Wildman–Crippen MR) is 74.1 cm³/mol. The maximum atomic E-state index is 12.7. The summed E-state index contributed by atoms with van der Waals surface area (Å²) in [6.07, 6.45) is -4.59. The normalized spacial score (nSPS) is 11.7. The average molecular weight is 342 g/mol. The van der Waals surface area contributed by atoms with Crippen molar-refractivity contribution >= 4 is 40.5 Å². The van der Waals surface area contributed by atoms with Gasteiger partial charge in [-0.25, -0.2) is 4.98 Å². The fourth-order valence-corrected chi connectivity index (χ4v) is 2.26. The van der Waals surface area contributed by atoms with Gasteiger partial charge < -0.3 is 5.73 Å². The van der Waals surface area contributed by atoms with Gasteiger partial charge in [-0.1, -0.05) is 34.8 Å². The number of rotatable bonds is 1. The number of halogens is 6. The van der Waals surface area contributed by atoms with Crippen LogP contribution in [0.3, 0.4) is 0 Å². The van der Waals surface area contributed by atoms with Crippen LogP contribution >= 0.6 is 34.8 Å². The van der Waals surface area contributed by atoms with Gasteiger partial charge in [-0.05, 0) is 24.3 Å². The van der Waals surface area contributed by atoms with Gasteiger partial charge in [0.05, 0.1) is 21.4 Å². The summed E-state index contributed by atoms with van der Waals surface area (Å²) in [5.41, 5.74) is 4.65. The summed E-state index contributed by atoms with van der Waals surface area (Å²) < 4.78 is 38.1. The summed E-state index contributed by atoms with van der Waals surface area (Å²) in [6.45, 7) is 0. The third-order valence-corrected chi connectivity index (χ3v) is 3.49. The molecule has 0 aliphatic carbocycles. The Morgan fingerprint density at radius 3 is 2.30 bits per heavy atom. The van der Waals surface area contributed by atoms with Crippen LogP contribution in [0.25, 0.3) is 11.3 Å². The number of anilines is 1. The van der Waals surface area contributed by atoms with E-state index in [1.807, 2.05) is 0 Å². The van der Waals surface area contributed by atoms with Crippen LogP contribution in [0, 0.1) is 0 Å². The lowest BCUT2D eigenvalue weighted by Crippen LogP contribution is -2.09. The molecule has 0 aliphatic rings. The van der Waals surface area contributed by atoms with E-state index in [1.165, 1.54) is 12.1 Å². The van der Waals surface area contributed by atoms with Gasteiger partial charge in [-0.3, -0.25) is 0 Å². The molecule has 0 saturated carbocycles. The monoisotopic (exact) mass is 340 g/mol. The second-order valence-corrected chi connectivity index (χ2v) is 5.10. The first kappa shape index (κ1) is 15.2. The molecule has 0 radical (unpaired) electrons. The first-order valence-electron chi connectivity index (χ1n) is 5.19. The molecule has 2 nitrogen and oxygen atoms in total. The number of aromatic nitrogens is 1. The van der Waals surface area contributed by atoms with Crippen molar-refractivity contribution in [2.45, 2.75) is 6.18 Å². The molecule has 0 aliphatic heterocycles. The van der Waals surface area contributed by atoms with Crippen LogP contribution < -0.4 is 5.73 Å². The molecule has 1 aromatic heterocycles. The minimum Gasteiger partial charge on any atom is -0.397 e. The molecule has 1 aromatic carbocycles. The molecule has 0 fully saturated rings. The summed E-state index contributed by atoms with van der Waals surface area (Å²) in [6, 6.07) is 4.63. The van der Waals surface area contributed by atoms with Crippen molar-refractivity contribution in [2.75, 3.05) is 5.73 Å². The van der Waals surface area contributed by atoms with Gasteiger partial charge >= 0.3 is 6.18 Å². The van der Waals surface area contributed by atoms with Crippen LogP contribution in [-0.4, -0.2) is 4.98 Å². The van der Waals surface area contributed by atoms with E-state index in [9.17, 15) is 13.2 Å². The number of hydrogen-bond acceptors (Lipinski definition) is 2. The third kappa shape index (κ3) is 2.95. The lowest BCUT2D eigenvalue weighted by atomic mass is 10.1. The first-order valence-corrected chi connectivity index (χ1v) is 6.32. The van der Waals surface area contributed by atoms with Gasteiger partial charge in [0, 0.05) is 10.6 Å². The van der Waals surface area contributed by atoms with E-state index in [0.717, 1.165) is 12.1 Å².